The summed E-state index contributed by atoms with van der Waals surface area (Å²) in [5.74, 6) is 0.000507. The van der Waals surface area contributed by atoms with Gasteiger partial charge in [-0.15, -0.1) is 0 Å². The Morgan fingerprint density at radius 1 is 1.12 bits per heavy atom. The zero-order valence-electron chi connectivity index (χ0n) is 19.1. The molecule has 8 unspecified atom stereocenters. The first-order valence-electron chi connectivity index (χ1n) is 11.2. The number of allylic oxidation sites excluding steroid dienone is 2. The van der Waals surface area contributed by atoms with E-state index < -0.39 is 15.9 Å². The maximum Gasteiger partial charge on any atom is 0.233 e. The second kappa shape index (κ2) is 16.7. The van der Waals surface area contributed by atoms with E-state index in [2.05, 4.69) is 53.6 Å². The van der Waals surface area contributed by atoms with Crippen molar-refractivity contribution in [1.29, 1.82) is 0 Å². The van der Waals surface area contributed by atoms with Crippen LogP contribution in [-0.4, -0.2) is 38.9 Å². The summed E-state index contributed by atoms with van der Waals surface area (Å²) in [5.41, 5.74) is 0. The summed E-state index contributed by atoms with van der Waals surface area (Å²) >= 11 is 0. The van der Waals surface area contributed by atoms with E-state index in [4.69, 9.17) is 13.6 Å². The van der Waals surface area contributed by atoms with Crippen molar-refractivity contribution in [1.82, 2.24) is 4.72 Å². The third-order valence-electron chi connectivity index (χ3n) is 5.68. The Bertz CT molecular complexity index is 704. The van der Waals surface area contributed by atoms with Gasteiger partial charge in [0.05, 0.1) is 24.6 Å². The fraction of sp³-hybridized carbons (Fsp3) is 0.762. The molecular formula is C21H40NO6P3S. The quantitative estimate of drug-likeness (QED) is 0.181. The van der Waals surface area contributed by atoms with Crippen LogP contribution in [0.15, 0.2) is 24.3 Å². The predicted molar refractivity (Wildman–Crippen MR) is 139 cm³/mol. The molecule has 0 spiro atoms. The van der Waals surface area contributed by atoms with Crippen molar-refractivity contribution in [2.75, 3.05) is 6.26 Å². The van der Waals surface area contributed by atoms with Gasteiger partial charge in [-0.1, -0.05) is 50.5 Å². The maximum absolute atomic E-state index is 11.6. The van der Waals surface area contributed by atoms with E-state index in [1.54, 1.807) is 0 Å². The molecule has 0 aromatic rings. The second-order valence-corrected chi connectivity index (χ2v) is 10.8. The van der Waals surface area contributed by atoms with Crippen LogP contribution in [0.1, 0.15) is 64.7 Å². The van der Waals surface area contributed by atoms with Gasteiger partial charge in [0.2, 0.25) is 15.9 Å². The highest BCUT2D eigenvalue weighted by atomic mass is 32.2. The summed E-state index contributed by atoms with van der Waals surface area (Å²) in [6.45, 7) is 2.19. The molecule has 7 nitrogen and oxygen atoms in total. The normalized spacial score (nSPS) is 25.0. The minimum atomic E-state index is -3.49. The SMILES string of the molecule is CCCCCC(/C=C/C1C(OP)CC(OP)C1C/C=C/CCCC(=O)NS(C)(=O)=O)OP. The van der Waals surface area contributed by atoms with Crippen molar-refractivity contribution in [3.63, 3.8) is 0 Å². The van der Waals surface area contributed by atoms with Crippen LogP contribution < -0.4 is 4.72 Å². The monoisotopic (exact) mass is 527 g/mol. The third kappa shape index (κ3) is 12.0. The van der Waals surface area contributed by atoms with Crippen LogP contribution in [0.5, 0.6) is 0 Å². The van der Waals surface area contributed by atoms with Crippen molar-refractivity contribution >= 4 is 44.3 Å². The summed E-state index contributed by atoms with van der Waals surface area (Å²) in [6.07, 6.45) is 17.3. The maximum atomic E-state index is 11.6. The van der Waals surface area contributed by atoms with E-state index in [1.165, 1.54) is 12.8 Å². The Kier molecular flexibility index (Phi) is 15.7. The predicted octanol–water partition coefficient (Wildman–Crippen LogP) is 4.48. The van der Waals surface area contributed by atoms with Gasteiger partial charge in [-0.2, -0.15) is 0 Å². The van der Waals surface area contributed by atoms with Gasteiger partial charge >= 0.3 is 0 Å². The van der Waals surface area contributed by atoms with Gasteiger partial charge in [-0.25, -0.2) is 8.42 Å². The zero-order valence-corrected chi connectivity index (χ0v) is 23.4. The van der Waals surface area contributed by atoms with E-state index >= 15 is 0 Å². The molecule has 1 N–H and O–H groups in total. The number of amides is 1. The fourth-order valence-electron chi connectivity index (χ4n) is 4.03. The molecule has 0 radical (unpaired) electrons. The molecule has 186 valence electrons. The highest BCUT2D eigenvalue weighted by Crippen LogP contribution is 2.41. The lowest BCUT2D eigenvalue weighted by Gasteiger charge is -2.22. The van der Waals surface area contributed by atoms with E-state index in [0.717, 1.165) is 31.9 Å². The summed E-state index contributed by atoms with van der Waals surface area (Å²) in [6, 6.07) is 0. The Balaban J connectivity index is 2.63. The average molecular weight is 528 g/mol. The minimum Gasteiger partial charge on any atom is -0.362 e. The largest absolute Gasteiger partial charge is 0.362 e. The topological polar surface area (TPSA) is 90.9 Å². The Labute approximate surface area is 201 Å². The van der Waals surface area contributed by atoms with Crippen molar-refractivity contribution < 1.29 is 26.8 Å². The number of hydrogen-bond acceptors (Lipinski definition) is 6. The smallest absolute Gasteiger partial charge is 0.233 e. The standard InChI is InChI=1S/C21H40NO6P3S/c1-3-4-7-10-16(26-29)13-14-18-17(19(27-30)15-20(18)28-31)11-8-5-6-9-12-21(23)22-32(2,24)25/h5,8,13-14,16-20H,3-4,6-7,9-12,15,29-31H2,1-2H3,(H,22,23)/b8-5+,14-13+. The number of sulfonamides is 1. The molecule has 1 aliphatic rings. The molecule has 1 amide bonds. The highest BCUT2D eigenvalue weighted by molar-refractivity contribution is 7.89. The zero-order chi connectivity index (χ0) is 24.0. The Morgan fingerprint density at radius 2 is 1.84 bits per heavy atom. The molecule has 1 fully saturated rings. The van der Waals surface area contributed by atoms with E-state index in [-0.39, 0.29) is 36.6 Å². The van der Waals surface area contributed by atoms with Gasteiger partial charge in [0, 0.05) is 47.2 Å². The molecule has 1 rings (SSSR count). The van der Waals surface area contributed by atoms with Crippen molar-refractivity contribution in [2.45, 2.75) is 83.0 Å². The van der Waals surface area contributed by atoms with Crippen LogP contribution in [0, 0.1) is 11.8 Å². The molecule has 1 aliphatic carbocycles. The van der Waals surface area contributed by atoms with Gasteiger partial charge < -0.3 is 13.6 Å². The van der Waals surface area contributed by atoms with Crippen molar-refractivity contribution in [3.8, 4) is 0 Å². The van der Waals surface area contributed by atoms with Gasteiger partial charge in [0.25, 0.3) is 0 Å². The molecular weight excluding hydrogens is 487 g/mol. The van der Waals surface area contributed by atoms with Crippen LogP contribution in [0.2, 0.25) is 0 Å². The van der Waals surface area contributed by atoms with Crippen LogP contribution >= 0.6 is 28.4 Å². The number of nitrogens with one attached hydrogen (secondary N) is 1. The molecule has 0 aromatic carbocycles. The van der Waals surface area contributed by atoms with Crippen LogP contribution in [0.3, 0.4) is 0 Å². The van der Waals surface area contributed by atoms with E-state index in [0.29, 0.717) is 12.8 Å². The van der Waals surface area contributed by atoms with Crippen molar-refractivity contribution in [3.05, 3.63) is 24.3 Å². The fourth-order valence-corrected chi connectivity index (χ4v) is 5.38. The van der Waals surface area contributed by atoms with Crippen LogP contribution in [0.4, 0.5) is 0 Å². The molecule has 8 atom stereocenters. The molecule has 32 heavy (non-hydrogen) atoms. The number of rotatable bonds is 16. The highest BCUT2D eigenvalue weighted by Gasteiger charge is 2.41. The first kappa shape index (κ1) is 30.1. The Hall–Kier alpha value is 0.0700. The molecule has 0 heterocycles. The number of hydrogen-bond donors (Lipinski definition) is 1. The first-order chi connectivity index (χ1) is 15.3. The van der Waals surface area contributed by atoms with E-state index in [9.17, 15) is 13.2 Å². The van der Waals surface area contributed by atoms with Gasteiger partial charge in [-0.05, 0) is 31.6 Å². The lowest BCUT2D eigenvalue weighted by atomic mass is 9.89. The average Bonchev–Trinajstić information content (AvgIpc) is 3.08. The molecule has 0 saturated heterocycles. The lowest BCUT2D eigenvalue weighted by Crippen LogP contribution is -2.28. The summed E-state index contributed by atoms with van der Waals surface area (Å²) in [5, 5.41) is 0. The number of carbonyl (C=O) groups excluding carboxylic acids is 1. The molecule has 0 bridgehead atoms. The molecule has 1 saturated carbocycles. The Morgan fingerprint density at radius 3 is 2.44 bits per heavy atom. The van der Waals surface area contributed by atoms with Gasteiger partial charge in [0.15, 0.2) is 0 Å². The minimum absolute atomic E-state index is 0.0562. The molecule has 11 heteroatoms. The third-order valence-corrected chi connectivity index (χ3v) is 7.33. The summed E-state index contributed by atoms with van der Waals surface area (Å²) in [7, 11) is 3.65. The van der Waals surface area contributed by atoms with Crippen molar-refractivity contribution in [2.24, 2.45) is 11.8 Å². The molecule has 0 aliphatic heterocycles. The summed E-state index contributed by atoms with van der Waals surface area (Å²) in [4.78, 5) is 11.6. The number of carbonyl (C=O) groups is 1. The second-order valence-electron chi connectivity index (χ2n) is 8.28. The lowest BCUT2D eigenvalue weighted by molar-refractivity contribution is -0.119. The van der Waals surface area contributed by atoms with Crippen LogP contribution in [-0.2, 0) is 28.4 Å². The number of unbranched alkanes of at least 4 members (excludes halogenated alkanes) is 3. The first-order valence-corrected chi connectivity index (χ1v) is 14.5. The van der Waals surface area contributed by atoms with Gasteiger partial charge in [-0.3, -0.25) is 9.52 Å². The van der Waals surface area contributed by atoms with Gasteiger partial charge in [0.1, 0.15) is 0 Å². The van der Waals surface area contributed by atoms with E-state index in [1.807, 2.05) is 10.8 Å². The molecule has 0 aromatic heterocycles. The van der Waals surface area contributed by atoms with Crippen LogP contribution in [0.25, 0.3) is 0 Å². The summed E-state index contributed by atoms with van der Waals surface area (Å²) < 4.78 is 41.0.